The number of hydrogen-bond acceptors (Lipinski definition) is 4. The van der Waals surface area contributed by atoms with Crippen LogP contribution < -0.4 is 0 Å². The Bertz CT molecular complexity index is 895. The average Bonchev–Trinajstić information content (AvgIpc) is 2.80. The van der Waals surface area contributed by atoms with Crippen LogP contribution in [-0.2, 0) is 13.0 Å². The van der Waals surface area contributed by atoms with Crippen LogP contribution in [0, 0.1) is 0 Å². The standard InChI is InChI=1S/C25H29N3O/c29-19-21-10-12-22(13-11-21)24-16-26-17-25(27-24)23-9-5-15-28(18-23)14-4-8-20-6-2-1-3-7-20/h1-3,6-7,10-13,16-17,23,29H,4-5,8-9,14-15,18-19H2/t23-/m0/s1. The molecule has 2 heterocycles. The predicted molar refractivity (Wildman–Crippen MR) is 117 cm³/mol. The molecular weight excluding hydrogens is 358 g/mol. The van der Waals surface area contributed by atoms with Gasteiger partial charge in [-0.3, -0.25) is 4.98 Å². The van der Waals surface area contributed by atoms with Gasteiger partial charge in [0.1, 0.15) is 0 Å². The van der Waals surface area contributed by atoms with E-state index in [1.165, 1.54) is 31.4 Å². The summed E-state index contributed by atoms with van der Waals surface area (Å²) in [7, 11) is 0. The van der Waals surface area contributed by atoms with Crippen LogP contribution in [-0.4, -0.2) is 39.6 Å². The molecule has 4 rings (SSSR count). The number of piperidine rings is 1. The number of benzene rings is 2. The van der Waals surface area contributed by atoms with Gasteiger partial charge < -0.3 is 10.0 Å². The largest absolute Gasteiger partial charge is 0.392 e. The molecule has 1 saturated heterocycles. The molecule has 4 nitrogen and oxygen atoms in total. The van der Waals surface area contributed by atoms with E-state index in [9.17, 15) is 5.11 Å². The molecule has 0 radical (unpaired) electrons. The maximum Gasteiger partial charge on any atom is 0.0888 e. The van der Waals surface area contributed by atoms with Crippen molar-refractivity contribution in [3.05, 3.63) is 83.8 Å². The van der Waals surface area contributed by atoms with Crippen LogP contribution in [0.1, 0.15) is 42.0 Å². The van der Waals surface area contributed by atoms with Crippen molar-refractivity contribution >= 4 is 0 Å². The minimum atomic E-state index is 0.0637. The summed E-state index contributed by atoms with van der Waals surface area (Å²) in [5.74, 6) is 0.449. The fourth-order valence-corrected chi connectivity index (χ4v) is 4.15. The van der Waals surface area contributed by atoms with E-state index in [4.69, 9.17) is 4.98 Å². The monoisotopic (exact) mass is 387 g/mol. The van der Waals surface area contributed by atoms with Gasteiger partial charge in [0.25, 0.3) is 0 Å². The van der Waals surface area contributed by atoms with Gasteiger partial charge in [0.15, 0.2) is 0 Å². The Kier molecular flexibility index (Phi) is 6.65. The summed E-state index contributed by atoms with van der Waals surface area (Å²) in [6, 6.07) is 18.7. The number of likely N-dealkylation sites (tertiary alicyclic amines) is 1. The molecule has 1 N–H and O–H groups in total. The zero-order valence-electron chi connectivity index (χ0n) is 16.9. The molecule has 150 valence electrons. The van der Waals surface area contributed by atoms with Gasteiger partial charge >= 0.3 is 0 Å². The number of aromatic nitrogens is 2. The van der Waals surface area contributed by atoms with Crippen LogP contribution in [0.3, 0.4) is 0 Å². The Morgan fingerprint density at radius 1 is 0.966 bits per heavy atom. The normalized spacial score (nSPS) is 17.3. The molecule has 0 unspecified atom stereocenters. The van der Waals surface area contributed by atoms with Crippen molar-refractivity contribution in [2.24, 2.45) is 0 Å². The lowest BCUT2D eigenvalue weighted by molar-refractivity contribution is 0.204. The Morgan fingerprint density at radius 3 is 2.59 bits per heavy atom. The Balaban J connectivity index is 1.37. The first-order valence-electron chi connectivity index (χ1n) is 10.6. The molecule has 2 aromatic carbocycles. The van der Waals surface area contributed by atoms with Crippen LogP contribution in [0.5, 0.6) is 0 Å². The topological polar surface area (TPSA) is 49.3 Å². The fraction of sp³-hybridized carbons (Fsp3) is 0.360. The van der Waals surface area contributed by atoms with Gasteiger partial charge in [-0.25, -0.2) is 4.98 Å². The van der Waals surface area contributed by atoms with Crippen LogP contribution in [0.15, 0.2) is 67.0 Å². The molecule has 0 aliphatic carbocycles. The lowest BCUT2D eigenvalue weighted by atomic mass is 9.94. The summed E-state index contributed by atoms with van der Waals surface area (Å²) in [6.07, 6.45) is 8.49. The van der Waals surface area contributed by atoms with Crippen LogP contribution in [0.4, 0.5) is 0 Å². The zero-order valence-corrected chi connectivity index (χ0v) is 16.9. The minimum Gasteiger partial charge on any atom is -0.392 e. The number of hydrogen-bond donors (Lipinski definition) is 1. The van der Waals surface area contributed by atoms with E-state index in [-0.39, 0.29) is 6.61 Å². The lowest BCUT2D eigenvalue weighted by Gasteiger charge is -2.32. The van der Waals surface area contributed by atoms with Gasteiger partial charge in [0.2, 0.25) is 0 Å². The van der Waals surface area contributed by atoms with E-state index in [0.717, 1.165) is 42.0 Å². The second-order valence-electron chi connectivity index (χ2n) is 7.91. The number of aliphatic hydroxyl groups is 1. The number of aliphatic hydroxyl groups excluding tert-OH is 1. The summed E-state index contributed by atoms with van der Waals surface area (Å²) in [5, 5.41) is 9.23. The molecule has 0 saturated carbocycles. The van der Waals surface area contributed by atoms with Crippen molar-refractivity contribution in [1.29, 1.82) is 0 Å². The second kappa shape index (κ2) is 9.77. The van der Waals surface area contributed by atoms with Gasteiger partial charge in [-0.05, 0) is 49.9 Å². The summed E-state index contributed by atoms with van der Waals surface area (Å²) in [5.41, 5.74) is 5.39. The first-order chi connectivity index (χ1) is 14.3. The van der Waals surface area contributed by atoms with E-state index in [1.54, 1.807) is 0 Å². The summed E-state index contributed by atoms with van der Waals surface area (Å²) >= 11 is 0. The van der Waals surface area contributed by atoms with Crippen LogP contribution >= 0.6 is 0 Å². The predicted octanol–water partition coefficient (Wildman–Crippen LogP) is 4.45. The molecular formula is C25H29N3O. The van der Waals surface area contributed by atoms with Crippen LogP contribution in [0.2, 0.25) is 0 Å². The van der Waals surface area contributed by atoms with Crippen molar-refractivity contribution < 1.29 is 5.11 Å². The molecule has 1 fully saturated rings. The van der Waals surface area contributed by atoms with E-state index in [1.807, 2.05) is 36.7 Å². The molecule has 1 aromatic heterocycles. The fourth-order valence-electron chi connectivity index (χ4n) is 4.15. The van der Waals surface area contributed by atoms with Gasteiger partial charge in [0.05, 0.1) is 24.2 Å². The summed E-state index contributed by atoms with van der Waals surface area (Å²) in [6.45, 7) is 3.45. The third kappa shape index (κ3) is 5.28. The van der Waals surface area contributed by atoms with Gasteiger partial charge in [-0.1, -0.05) is 54.6 Å². The molecule has 1 atom stereocenters. The van der Waals surface area contributed by atoms with Crippen molar-refractivity contribution in [1.82, 2.24) is 14.9 Å². The zero-order chi connectivity index (χ0) is 19.9. The highest BCUT2D eigenvalue weighted by Crippen LogP contribution is 2.27. The van der Waals surface area contributed by atoms with E-state index in [0.29, 0.717) is 5.92 Å². The molecule has 4 heteroatoms. The lowest BCUT2D eigenvalue weighted by Crippen LogP contribution is -2.35. The van der Waals surface area contributed by atoms with Crippen molar-refractivity contribution in [3.63, 3.8) is 0 Å². The molecule has 0 amide bonds. The number of nitrogens with zero attached hydrogens (tertiary/aromatic N) is 3. The van der Waals surface area contributed by atoms with Gasteiger partial charge in [-0.2, -0.15) is 0 Å². The second-order valence-corrected chi connectivity index (χ2v) is 7.91. The third-order valence-corrected chi connectivity index (χ3v) is 5.79. The highest BCUT2D eigenvalue weighted by molar-refractivity contribution is 5.58. The first kappa shape index (κ1) is 19.7. The maximum atomic E-state index is 9.23. The number of aryl methyl sites for hydroxylation is 1. The first-order valence-corrected chi connectivity index (χ1v) is 10.6. The highest BCUT2D eigenvalue weighted by Gasteiger charge is 2.22. The Labute approximate surface area is 173 Å². The van der Waals surface area contributed by atoms with Gasteiger partial charge in [-0.15, -0.1) is 0 Å². The van der Waals surface area contributed by atoms with Crippen molar-refractivity contribution in [2.45, 2.75) is 38.2 Å². The molecule has 1 aliphatic heterocycles. The average molecular weight is 388 g/mol. The maximum absolute atomic E-state index is 9.23. The van der Waals surface area contributed by atoms with E-state index < -0.39 is 0 Å². The van der Waals surface area contributed by atoms with Crippen LogP contribution in [0.25, 0.3) is 11.3 Å². The molecule has 1 aliphatic rings. The quantitative estimate of drug-likeness (QED) is 0.651. The molecule has 0 bridgehead atoms. The number of rotatable bonds is 7. The highest BCUT2D eigenvalue weighted by atomic mass is 16.3. The Morgan fingerprint density at radius 2 is 1.79 bits per heavy atom. The molecule has 29 heavy (non-hydrogen) atoms. The summed E-state index contributed by atoms with van der Waals surface area (Å²) in [4.78, 5) is 12.0. The minimum absolute atomic E-state index is 0.0637. The van der Waals surface area contributed by atoms with E-state index in [2.05, 4.69) is 40.2 Å². The molecule has 0 spiro atoms. The Hall–Kier alpha value is -2.56. The third-order valence-electron chi connectivity index (χ3n) is 5.79. The van der Waals surface area contributed by atoms with Crippen molar-refractivity contribution in [3.8, 4) is 11.3 Å². The van der Waals surface area contributed by atoms with Gasteiger partial charge in [0, 0.05) is 24.2 Å². The summed E-state index contributed by atoms with van der Waals surface area (Å²) < 4.78 is 0. The smallest absolute Gasteiger partial charge is 0.0888 e. The SMILES string of the molecule is OCc1ccc(-c2cncc([C@H]3CCCN(CCCc4ccccc4)C3)n2)cc1. The van der Waals surface area contributed by atoms with E-state index >= 15 is 0 Å². The molecule has 3 aromatic rings. The van der Waals surface area contributed by atoms with Crippen molar-refractivity contribution in [2.75, 3.05) is 19.6 Å².